The number of nitrogens with zero attached hydrogens (tertiary/aromatic N) is 1. The summed E-state index contributed by atoms with van der Waals surface area (Å²) in [6.45, 7) is 0. The third-order valence-corrected chi connectivity index (χ3v) is 2.07. The van der Waals surface area contributed by atoms with E-state index in [2.05, 4.69) is 4.98 Å². The van der Waals surface area contributed by atoms with Crippen LogP contribution in [0.4, 0.5) is 0 Å². The van der Waals surface area contributed by atoms with Crippen LogP contribution in [-0.4, -0.2) is 23.2 Å². The van der Waals surface area contributed by atoms with Crippen molar-refractivity contribution in [1.82, 2.24) is 4.98 Å². The van der Waals surface area contributed by atoms with E-state index in [9.17, 15) is 4.79 Å². The maximum Gasteiger partial charge on any atom is 0.392 e. The lowest BCUT2D eigenvalue weighted by Gasteiger charge is -1.99. The summed E-state index contributed by atoms with van der Waals surface area (Å²) in [4.78, 5) is 14.4. The van der Waals surface area contributed by atoms with E-state index in [0.717, 1.165) is 11.3 Å². The third-order valence-electron chi connectivity index (χ3n) is 2.07. The number of ether oxygens (including phenoxy) is 1. The van der Waals surface area contributed by atoms with Crippen LogP contribution in [0.1, 0.15) is 10.7 Å². The molecule has 0 saturated heterocycles. The van der Waals surface area contributed by atoms with Gasteiger partial charge in [0.2, 0.25) is 0 Å². The molecule has 1 heterocycles. The van der Waals surface area contributed by atoms with Crippen molar-refractivity contribution in [2.75, 3.05) is 7.11 Å². The van der Waals surface area contributed by atoms with Gasteiger partial charge in [0.15, 0.2) is 0 Å². The zero-order chi connectivity index (χ0) is 11.5. The van der Waals surface area contributed by atoms with Gasteiger partial charge < -0.3 is 14.3 Å². The Morgan fingerprint density at radius 2 is 2.06 bits per heavy atom. The van der Waals surface area contributed by atoms with Crippen molar-refractivity contribution in [2.24, 2.45) is 0 Å². The van der Waals surface area contributed by atoms with Crippen LogP contribution in [-0.2, 0) is 0 Å². The first-order valence-electron chi connectivity index (χ1n) is 4.54. The molecule has 82 valence electrons. The number of carbonyl (C=O) groups is 1. The highest BCUT2D eigenvalue weighted by molar-refractivity contribution is 5.83. The van der Waals surface area contributed by atoms with E-state index in [4.69, 9.17) is 14.3 Å². The Bertz CT molecular complexity index is 501. The predicted molar refractivity (Wildman–Crippen MR) is 55.5 cm³/mol. The molecule has 0 saturated carbocycles. The summed E-state index contributed by atoms with van der Waals surface area (Å²) in [5, 5.41) is 8.65. The van der Waals surface area contributed by atoms with Gasteiger partial charge in [0, 0.05) is 5.56 Å². The van der Waals surface area contributed by atoms with E-state index in [1.54, 1.807) is 31.4 Å². The quantitative estimate of drug-likeness (QED) is 0.855. The smallest absolute Gasteiger partial charge is 0.392 e. The number of methoxy groups -OCH3 is 1. The molecule has 0 aliphatic rings. The minimum Gasteiger partial charge on any atom is -0.497 e. The summed E-state index contributed by atoms with van der Waals surface area (Å²) in [5.41, 5.74) is 1.26. The summed E-state index contributed by atoms with van der Waals surface area (Å²) in [5.74, 6) is -0.767. The fraction of sp³-hybridized carbons (Fsp3) is 0.0909. The van der Waals surface area contributed by atoms with Gasteiger partial charge in [-0.25, -0.2) is 9.78 Å². The van der Waals surface area contributed by atoms with Gasteiger partial charge in [-0.05, 0) is 24.3 Å². The SMILES string of the molecule is COc1ccc(-c2coc(C(=O)O)n2)cc1. The number of hydrogen-bond acceptors (Lipinski definition) is 4. The number of aromatic nitrogens is 1. The molecule has 0 radical (unpaired) electrons. The first kappa shape index (κ1) is 10.2. The van der Waals surface area contributed by atoms with Crippen LogP contribution < -0.4 is 4.74 Å². The van der Waals surface area contributed by atoms with Crippen molar-refractivity contribution in [1.29, 1.82) is 0 Å². The van der Waals surface area contributed by atoms with Gasteiger partial charge in [-0.2, -0.15) is 0 Å². The number of oxazole rings is 1. The monoisotopic (exact) mass is 219 g/mol. The van der Waals surface area contributed by atoms with Gasteiger partial charge in [0.25, 0.3) is 0 Å². The Morgan fingerprint density at radius 1 is 1.38 bits per heavy atom. The molecule has 1 aromatic heterocycles. The average molecular weight is 219 g/mol. The summed E-state index contributed by atoms with van der Waals surface area (Å²) < 4.78 is 9.81. The highest BCUT2D eigenvalue weighted by atomic mass is 16.5. The van der Waals surface area contributed by atoms with Crippen LogP contribution in [0.5, 0.6) is 5.75 Å². The average Bonchev–Trinajstić information content (AvgIpc) is 2.78. The van der Waals surface area contributed by atoms with Crippen LogP contribution in [0.25, 0.3) is 11.3 Å². The van der Waals surface area contributed by atoms with Gasteiger partial charge >= 0.3 is 11.9 Å². The van der Waals surface area contributed by atoms with Gasteiger partial charge in [-0.1, -0.05) is 0 Å². The number of rotatable bonds is 3. The van der Waals surface area contributed by atoms with E-state index in [0.29, 0.717) is 5.69 Å². The fourth-order valence-electron chi connectivity index (χ4n) is 1.27. The number of carboxylic acids is 1. The molecule has 0 spiro atoms. The first-order chi connectivity index (χ1) is 7.70. The number of carboxylic acid groups (broad SMARTS) is 1. The maximum absolute atomic E-state index is 10.6. The molecule has 0 unspecified atom stereocenters. The van der Waals surface area contributed by atoms with Crippen LogP contribution in [0.3, 0.4) is 0 Å². The second kappa shape index (κ2) is 4.06. The molecule has 0 aliphatic heterocycles. The van der Waals surface area contributed by atoms with E-state index in [1.807, 2.05) is 0 Å². The van der Waals surface area contributed by atoms with E-state index < -0.39 is 5.97 Å². The molecule has 16 heavy (non-hydrogen) atoms. The summed E-state index contributed by atoms with van der Waals surface area (Å²) in [7, 11) is 1.58. The summed E-state index contributed by atoms with van der Waals surface area (Å²) in [6, 6.07) is 7.10. The Balaban J connectivity index is 2.31. The molecule has 2 rings (SSSR count). The second-order valence-electron chi connectivity index (χ2n) is 3.07. The fourth-order valence-corrected chi connectivity index (χ4v) is 1.27. The Morgan fingerprint density at radius 3 is 2.56 bits per heavy atom. The van der Waals surface area contributed by atoms with Crippen molar-refractivity contribution in [3.05, 3.63) is 36.4 Å². The van der Waals surface area contributed by atoms with Gasteiger partial charge in [-0.15, -0.1) is 0 Å². The highest BCUT2D eigenvalue weighted by Crippen LogP contribution is 2.21. The van der Waals surface area contributed by atoms with Crippen molar-refractivity contribution < 1.29 is 19.1 Å². The molecule has 0 amide bonds. The normalized spacial score (nSPS) is 10.1. The molecule has 1 N–H and O–H groups in total. The van der Waals surface area contributed by atoms with Gasteiger partial charge in [0.1, 0.15) is 17.7 Å². The van der Waals surface area contributed by atoms with Crippen molar-refractivity contribution in [3.8, 4) is 17.0 Å². The first-order valence-corrected chi connectivity index (χ1v) is 4.54. The van der Waals surface area contributed by atoms with Crippen LogP contribution in [0.2, 0.25) is 0 Å². The van der Waals surface area contributed by atoms with Gasteiger partial charge in [0.05, 0.1) is 7.11 Å². The molecule has 5 heteroatoms. The minimum atomic E-state index is -1.18. The Labute approximate surface area is 91.3 Å². The molecule has 0 fully saturated rings. The lowest BCUT2D eigenvalue weighted by Crippen LogP contribution is -1.95. The molecule has 0 atom stereocenters. The standard InChI is InChI=1S/C11H9NO4/c1-15-8-4-2-7(3-5-8)9-6-16-10(12-9)11(13)14/h2-6H,1H3,(H,13,14). The zero-order valence-corrected chi connectivity index (χ0v) is 8.51. The number of benzene rings is 1. The number of hydrogen-bond donors (Lipinski definition) is 1. The number of aromatic carboxylic acids is 1. The van der Waals surface area contributed by atoms with Crippen LogP contribution in [0, 0.1) is 0 Å². The largest absolute Gasteiger partial charge is 0.497 e. The molecule has 0 bridgehead atoms. The van der Waals surface area contributed by atoms with E-state index in [1.165, 1.54) is 6.26 Å². The van der Waals surface area contributed by atoms with Crippen LogP contribution >= 0.6 is 0 Å². The van der Waals surface area contributed by atoms with Crippen molar-refractivity contribution in [3.63, 3.8) is 0 Å². The second-order valence-corrected chi connectivity index (χ2v) is 3.07. The van der Waals surface area contributed by atoms with Crippen LogP contribution in [0.15, 0.2) is 34.9 Å². The molecule has 1 aromatic carbocycles. The summed E-state index contributed by atoms with van der Waals surface area (Å²) >= 11 is 0. The van der Waals surface area contributed by atoms with Crippen molar-refractivity contribution >= 4 is 5.97 Å². The third kappa shape index (κ3) is 1.88. The van der Waals surface area contributed by atoms with E-state index >= 15 is 0 Å². The molecular formula is C11H9NO4. The lowest BCUT2D eigenvalue weighted by atomic mass is 10.2. The molecular weight excluding hydrogens is 210 g/mol. The maximum atomic E-state index is 10.6. The molecule has 2 aromatic rings. The zero-order valence-electron chi connectivity index (χ0n) is 8.51. The van der Waals surface area contributed by atoms with Crippen molar-refractivity contribution in [2.45, 2.75) is 0 Å². The highest BCUT2D eigenvalue weighted by Gasteiger charge is 2.12. The lowest BCUT2D eigenvalue weighted by molar-refractivity contribution is 0.0653. The van der Waals surface area contributed by atoms with Gasteiger partial charge in [-0.3, -0.25) is 0 Å². The van der Waals surface area contributed by atoms with E-state index in [-0.39, 0.29) is 5.89 Å². The molecule has 5 nitrogen and oxygen atoms in total. The summed E-state index contributed by atoms with van der Waals surface area (Å²) in [6.07, 6.45) is 1.31. The Kier molecular flexibility index (Phi) is 2.59. The topological polar surface area (TPSA) is 72.6 Å². The molecule has 0 aliphatic carbocycles. The predicted octanol–water partition coefficient (Wildman–Crippen LogP) is 2.05. The minimum absolute atomic E-state index is 0.314. The Hall–Kier alpha value is -2.30.